The van der Waals surface area contributed by atoms with Crippen LogP contribution in [0.1, 0.15) is 32.0 Å². The first-order valence-electron chi connectivity index (χ1n) is 12.8. The predicted octanol–water partition coefficient (Wildman–Crippen LogP) is 4.82. The van der Waals surface area contributed by atoms with Crippen molar-refractivity contribution in [1.82, 2.24) is 10.5 Å². The van der Waals surface area contributed by atoms with Crippen molar-refractivity contribution in [2.24, 2.45) is 0 Å². The Bertz CT molecular complexity index is 1530. The molecule has 10 heteroatoms. The van der Waals surface area contributed by atoms with Gasteiger partial charge in [-0.25, -0.2) is 4.39 Å². The van der Waals surface area contributed by atoms with Crippen molar-refractivity contribution in [2.45, 2.75) is 13.5 Å². The van der Waals surface area contributed by atoms with Crippen molar-refractivity contribution in [3.8, 4) is 17.0 Å². The minimum absolute atomic E-state index is 0.0575. The molecule has 0 unspecified atom stereocenters. The number of carbonyl (C=O) groups excluding carboxylic acids is 2. The third kappa shape index (κ3) is 6.29. The Kier molecular flexibility index (Phi) is 8.07. The van der Waals surface area contributed by atoms with Crippen molar-refractivity contribution >= 4 is 23.2 Å². The normalized spacial score (nSPS) is 13.1. The molecule has 1 aromatic heterocycles. The first-order chi connectivity index (χ1) is 19.4. The fraction of sp³-hybridized carbons (Fsp3) is 0.233. The van der Waals surface area contributed by atoms with E-state index in [1.54, 1.807) is 31.4 Å². The molecular formula is C30H29FN4O5. The summed E-state index contributed by atoms with van der Waals surface area (Å²) < 4.78 is 30.3. The van der Waals surface area contributed by atoms with Gasteiger partial charge >= 0.3 is 0 Å². The molecule has 206 valence electrons. The van der Waals surface area contributed by atoms with Gasteiger partial charge in [-0.3, -0.25) is 9.59 Å². The van der Waals surface area contributed by atoms with Gasteiger partial charge in [0.15, 0.2) is 0 Å². The van der Waals surface area contributed by atoms with Crippen LogP contribution in [0.5, 0.6) is 5.75 Å². The lowest BCUT2D eigenvalue weighted by atomic mass is 10.0. The number of methoxy groups -OCH3 is 1. The van der Waals surface area contributed by atoms with Crippen LogP contribution in [-0.2, 0) is 11.3 Å². The summed E-state index contributed by atoms with van der Waals surface area (Å²) in [5.74, 6) is -0.584. The van der Waals surface area contributed by atoms with E-state index in [1.807, 2.05) is 42.2 Å². The molecule has 2 amide bonds. The second-order valence-electron chi connectivity index (χ2n) is 9.39. The van der Waals surface area contributed by atoms with Gasteiger partial charge in [0.1, 0.15) is 17.3 Å². The van der Waals surface area contributed by atoms with E-state index in [-0.39, 0.29) is 11.3 Å². The minimum atomic E-state index is -0.487. The first kappa shape index (κ1) is 26.9. The maximum absolute atomic E-state index is 14.4. The fourth-order valence-electron chi connectivity index (χ4n) is 4.45. The molecule has 0 aliphatic carbocycles. The van der Waals surface area contributed by atoms with E-state index in [9.17, 15) is 14.0 Å². The number of rotatable bonds is 8. The maximum Gasteiger partial charge on any atom is 0.290 e. The number of amides is 2. The number of ether oxygens (including phenoxy) is 2. The summed E-state index contributed by atoms with van der Waals surface area (Å²) in [5.41, 5.74) is 4.21. The number of benzene rings is 3. The van der Waals surface area contributed by atoms with Gasteiger partial charge in [-0.15, -0.1) is 0 Å². The molecule has 0 spiro atoms. The Morgan fingerprint density at radius 2 is 1.85 bits per heavy atom. The third-order valence-electron chi connectivity index (χ3n) is 6.61. The van der Waals surface area contributed by atoms with E-state index in [4.69, 9.17) is 14.0 Å². The molecule has 0 atom stereocenters. The van der Waals surface area contributed by atoms with Gasteiger partial charge in [0, 0.05) is 48.2 Å². The molecule has 1 saturated heterocycles. The van der Waals surface area contributed by atoms with Crippen LogP contribution < -0.4 is 20.3 Å². The fourth-order valence-corrected chi connectivity index (χ4v) is 4.45. The second-order valence-corrected chi connectivity index (χ2v) is 9.39. The summed E-state index contributed by atoms with van der Waals surface area (Å²) in [4.78, 5) is 27.7. The Hall–Kier alpha value is -4.70. The zero-order chi connectivity index (χ0) is 28.1. The van der Waals surface area contributed by atoms with Gasteiger partial charge in [-0.05, 0) is 60.5 Å². The lowest BCUT2D eigenvalue weighted by Crippen LogP contribution is -2.36. The standard InChI is InChI=1S/C30H29FN4O5/c1-19-6-7-23(33-29(36)21-13-22(31)15-24(14-21)35-8-10-39-11-9-35)16-26(19)27-17-28(40-34-27)30(37)32-18-20-4-3-5-25(12-20)38-2/h3-7,12-17H,8-11,18H2,1-2H3,(H,32,37)(H,33,36). The molecule has 3 aromatic carbocycles. The maximum atomic E-state index is 14.4. The smallest absolute Gasteiger partial charge is 0.290 e. The van der Waals surface area contributed by atoms with Crippen LogP contribution in [0.4, 0.5) is 15.8 Å². The number of halogens is 1. The molecule has 0 bridgehead atoms. The number of aromatic nitrogens is 1. The zero-order valence-corrected chi connectivity index (χ0v) is 22.2. The van der Waals surface area contributed by atoms with Crippen LogP contribution in [0.2, 0.25) is 0 Å². The molecule has 40 heavy (non-hydrogen) atoms. The van der Waals surface area contributed by atoms with Crippen LogP contribution in [-0.4, -0.2) is 50.4 Å². The van der Waals surface area contributed by atoms with Crippen molar-refractivity contribution in [3.05, 3.63) is 95.0 Å². The van der Waals surface area contributed by atoms with Crippen molar-refractivity contribution in [3.63, 3.8) is 0 Å². The number of aryl methyl sites for hydroxylation is 1. The third-order valence-corrected chi connectivity index (χ3v) is 6.61. The molecule has 1 aliphatic rings. The summed E-state index contributed by atoms with van der Waals surface area (Å²) >= 11 is 0. The van der Waals surface area contributed by atoms with E-state index in [0.717, 1.165) is 11.1 Å². The topological polar surface area (TPSA) is 106 Å². The number of nitrogens with one attached hydrogen (secondary N) is 2. The van der Waals surface area contributed by atoms with Crippen LogP contribution in [0.25, 0.3) is 11.3 Å². The lowest BCUT2D eigenvalue weighted by molar-refractivity contribution is 0.0913. The van der Waals surface area contributed by atoms with Gasteiger partial charge in [0.05, 0.1) is 20.3 Å². The number of hydrogen-bond acceptors (Lipinski definition) is 7. The molecule has 4 aromatic rings. The van der Waals surface area contributed by atoms with Gasteiger partial charge in [-0.2, -0.15) is 0 Å². The Morgan fingerprint density at radius 3 is 2.65 bits per heavy atom. The monoisotopic (exact) mass is 544 g/mol. The van der Waals surface area contributed by atoms with Crippen LogP contribution in [0.3, 0.4) is 0 Å². The number of carbonyl (C=O) groups is 2. The second kappa shape index (κ2) is 12.0. The van der Waals surface area contributed by atoms with Gasteiger partial charge < -0.3 is 29.5 Å². The van der Waals surface area contributed by atoms with Crippen LogP contribution in [0, 0.1) is 12.7 Å². The molecule has 9 nitrogen and oxygen atoms in total. The van der Waals surface area contributed by atoms with E-state index in [0.29, 0.717) is 61.2 Å². The Morgan fingerprint density at radius 1 is 1.02 bits per heavy atom. The van der Waals surface area contributed by atoms with E-state index in [1.165, 1.54) is 12.1 Å². The highest BCUT2D eigenvalue weighted by molar-refractivity contribution is 6.05. The predicted molar refractivity (Wildman–Crippen MR) is 148 cm³/mol. The van der Waals surface area contributed by atoms with Crippen molar-refractivity contribution in [1.29, 1.82) is 0 Å². The molecule has 2 heterocycles. The molecule has 0 saturated carbocycles. The minimum Gasteiger partial charge on any atom is -0.497 e. The SMILES string of the molecule is COc1cccc(CNC(=O)c2cc(-c3cc(NC(=O)c4cc(F)cc(N5CCOCC5)c4)ccc3C)no2)c1. The Labute approximate surface area is 230 Å². The molecule has 1 fully saturated rings. The van der Waals surface area contributed by atoms with Gasteiger partial charge in [0.2, 0.25) is 5.76 Å². The highest BCUT2D eigenvalue weighted by Gasteiger charge is 2.18. The molecule has 0 radical (unpaired) electrons. The van der Waals surface area contributed by atoms with Crippen LogP contribution >= 0.6 is 0 Å². The largest absolute Gasteiger partial charge is 0.497 e. The average Bonchev–Trinajstić information content (AvgIpc) is 3.47. The van der Waals surface area contributed by atoms with E-state index in [2.05, 4.69) is 15.8 Å². The number of anilines is 2. The van der Waals surface area contributed by atoms with Gasteiger partial charge in [-0.1, -0.05) is 23.4 Å². The lowest BCUT2D eigenvalue weighted by Gasteiger charge is -2.29. The summed E-state index contributed by atoms with van der Waals surface area (Å²) in [6.45, 7) is 4.55. The summed E-state index contributed by atoms with van der Waals surface area (Å²) in [6.07, 6.45) is 0. The van der Waals surface area contributed by atoms with Crippen LogP contribution in [0.15, 0.2) is 71.3 Å². The van der Waals surface area contributed by atoms with E-state index < -0.39 is 17.6 Å². The number of morpholine rings is 1. The van der Waals surface area contributed by atoms with Crippen molar-refractivity contribution in [2.75, 3.05) is 43.6 Å². The number of nitrogens with zero attached hydrogens (tertiary/aromatic N) is 2. The highest BCUT2D eigenvalue weighted by atomic mass is 19.1. The number of hydrogen-bond donors (Lipinski definition) is 2. The highest BCUT2D eigenvalue weighted by Crippen LogP contribution is 2.27. The Balaban J connectivity index is 1.28. The molecule has 5 rings (SSSR count). The summed E-state index contributed by atoms with van der Waals surface area (Å²) in [5, 5.41) is 9.71. The summed E-state index contributed by atoms with van der Waals surface area (Å²) in [6, 6.07) is 18.6. The molecule has 2 N–H and O–H groups in total. The quantitative estimate of drug-likeness (QED) is 0.328. The van der Waals surface area contributed by atoms with E-state index >= 15 is 0 Å². The zero-order valence-electron chi connectivity index (χ0n) is 22.2. The first-order valence-corrected chi connectivity index (χ1v) is 12.8. The van der Waals surface area contributed by atoms with Crippen molar-refractivity contribution < 1.29 is 28.0 Å². The molecule has 1 aliphatic heterocycles. The summed E-state index contributed by atoms with van der Waals surface area (Å²) in [7, 11) is 1.58. The van der Waals surface area contributed by atoms with Gasteiger partial charge in [0.25, 0.3) is 11.8 Å². The average molecular weight is 545 g/mol. The molecular weight excluding hydrogens is 515 g/mol.